The van der Waals surface area contributed by atoms with Crippen molar-refractivity contribution in [3.63, 3.8) is 0 Å². The Hall–Kier alpha value is -3.19. The number of hydrogen-bond donors (Lipinski definition) is 2. The van der Waals surface area contributed by atoms with E-state index in [1.807, 2.05) is 6.07 Å². The summed E-state index contributed by atoms with van der Waals surface area (Å²) in [7, 11) is 0. The highest BCUT2D eigenvalue weighted by molar-refractivity contribution is 9.10. The molecule has 0 spiro atoms. The third-order valence-electron chi connectivity index (χ3n) is 3.49. The molecule has 0 saturated carbocycles. The van der Waals surface area contributed by atoms with Gasteiger partial charge in [0, 0.05) is 15.6 Å². The van der Waals surface area contributed by atoms with Crippen LogP contribution in [-0.2, 0) is 0 Å². The van der Waals surface area contributed by atoms with Gasteiger partial charge >= 0.3 is 5.97 Å². The number of amides is 1. The van der Waals surface area contributed by atoms with Crippen molar-refractivity contribution in [2.75, 3.05) is 0 Å². The maximum Gasteiger partial charge on any atom is 0.335 e. The molecule has 3 rings (SSSR count). The smallest absolute Gasteiger partial charge is 0.335 e. The van der Waals surface area contributed by atoms with Crippen LogP contribution in [0.1, 0.15) is 26.5 Å². The maximum absolute atomic E-state index is 12.0. The van der Waals surface area contributed by atoms with E-state index < -0.39 is 5.97 Å². The fraction of sp³-hybridized carbons (Fsp3) is 0. The number of nitrogens with zero attached hydrogens (tertiary/aromatic N) is 1. The van der Waals surface area contributed by atoms with Gasteiger partial charge in [-0.15, -0.1) is 0 Å². The number of carbonyl (C=O) groups excluding carboxylic acids is 1. The molecule has 0 aliphatic rings. The second-order valence-corrected chi connectivity index (χ2v) is 6.21. The lowest BCUT2D eigenvalue weighted by molar-refractivity contribution is 0.0696. The van der Waals surface area contributed by atoms with Gasteiger partial charge in [-0.1, -0.05) is 34.1 Å². The fourth-order valence-electron chi connectivity index (χ4n) is 2.20. The molecule has 0 aliphatic heterocycles. The molecule has 26 heavy (non-hydrogen) atoms. The van der Waals surface area contributed by atoms with E-state index in [-0.39, 0.29) is 11.5 Å². The zero-order chi connectivity index (χ0) is 18.5. The van der Waals surface area contributed by atoms with Gasteiger partial charge in [0.25, 0.3) is 5.91 Å². The number of carbonyl (C=O) groups is 2. The number of benzene rings is 2. The SMILES string of the molecule is O=C(O)c1ccc(-c2ccc(/C=N/NC(=O)c3cccc(Br)c3)o2)cc1. The molecule has 0 bridgehead atoms. The number of nitrogens with one attached hydrogen (secondary N) is 1. The van der Waals surface area contributed by atoms with Crippen molar-refractivity contribution in [1.29, 1.82) is 0 Å². The van der Waals surface area contributed by atoms with E-state index >= 15 is 0 Å². The topological polar surface area (TPSA) is 91.9 Å². The predicted octanol–water partition coefficient (Wildman–Crippen LogP) is 4.17. The minimum atomic E-state index is -0.981. The Morgan fingerprint density at radius 3 is 2.50 bits per heavy atom. The summed E-state index contributed by atoms with van der Waals surface area (Å²) in [6.07, 6.45) is 1.39. The second-order valence-electron chi connectivity index (χ2n) is 5.29. The van der Waals surface area contributed by atoms with Crippen molar-refractivity contribution < 1.29 is 19.1 Å². The largest absolute Gasteiger partial charge is 0.478 e. The lowest BCUT2D eigenvalue weighted by Gasteiger charge is -2.00. The Labute approximate surface area is 157 Å². The molecule has 1 amide bonds. The van der Waals surface area contributed by atoms with Crippen LogP contribution in [0.15, 0.2) is 74.7 Å². The van der Waals surface area contributed by atoms with Crippen molar-refractivity contribution in [3.8, 4) is 11.3 Å². The van der Waals surface area contributed by atoms with Gasteiger partial charge < -0.3 is 9.52 Å². The zero-order valence-corrected chi connectivity index (χ0v) is 14.9. The van der Waals surface area contributed by atoms with E-state index in [1.165, 1.54) is 18.3 Å². The molecule has 6 nitrogen and oxygen atoms in total. The summed E-state index contributed by atoms with van der Waals surface area (Å²) >= 11 is 3.31. The number of halogens is 1. The van der Waals surface area contributed by atoms with Gasteiger partial charge in [0.05, 0.1) is 11.8 Å². The van der Waals surface area contributed by atoms with Gasteiger partial charge in [-0.3, -0.25) is 4.79 Å². The Bertz CT molecular complexity index is 977. The first-order valence-electron chi connectivity index (χ1n) is 7.55. The standard InChI is InChI=1S/C19H13BrN2O4/c20-15-3-1-2-14(10-15)18(23)22-21-11-16-8-9-17(26-16)12-4-6-13(7-5-12)19(24)25/h1-11H,(H,22,23)(H,24,25)/b21-11+. The van der Waals surface area contributed by atoms with Crippen LogP contribution in [0.4, 0.5) is 0 Å². The van der Waals surface area contributed by atoms with E-state index in [4.69, 9.17) is 9.52 Å². The van der Waals surface area contributed by atoms with Gasteiger partial charge in [0.15, 0.2) is 0 Å². The van der Waals surface area contributed by atoms with Gasteiger partial charge in [-0.05, 0) is 42.5 Å². The molecule has 0 saturated heterocycles. The van der Waals surface area contributed by atoms with E-state index in [1.54, 1.807) is 42.5 Å². The van der Waals surface area contributed by atoms with E-state index in [0.29, 0.717) is 17.1 Å². The zero-order valence-electron chi connectivity index (χ0n) is 13.3. The Morgan fingerprint density at radius 1 is 1.04 bits per heavy atom. The monoisotopic (exact) mass is 412 g/mol. The average Bonchev–Trinajstić information content (AvgIpc) is 3.10. The second kappa shape index (κ2) is 7.79. The van der Waals surface area contributed by atoms with Crippen LogP contribution in [-0.4, -0.2) is 23.2 Å². The first-order chi connectivity index (χ1) is 12.5. The quantitative estimate of drug-likeness (QED) is 0.485. The van der Waals surface area contributed by atoms with Crippen LogP contribution in [0, 0.1) is 0 Å². The van der Waals surface area contributed by atoms with Crippen LogP contribution in [0.2, 0.25) is 0 Å². The molecule has 0 fully saturated rings. The number of aromatic carboxylic acids is 1. The van der Waals surface area contributed by atoms with Crippen molar-refractivity contribution >= 4 is 34.0 Å². The molecule has 1 heterocycles. The fourth-order valence-corrected chi connectivity index (χ4v) is 2.60. The Balaban J connectivity index is 1.65. The molecule has 0 unspecified atom stereocenters. The van der Waals surface area contributed by atoms with Crippen molar-refractivity contribution in [2.24, 2.45) is 5.10 Å². The number of hydrazone groups is 1. The van der Waals surface area contributed by atoms with Crippen LogP contribution in [0.3, 0.4) is 0 Å². The van der Waals surface area contributed by atoms with Crippen LogP contribution in [0.5, 0.6) is 0 Å². The van der Waals surface area contributed by atoms with Crippen molar-refractivity contribution in [2.45, 2.75) is 0 Å². The molecule has 7 heteroatoms. The summed E-state index contributed by atoms with van der Waals surface area (Å²) in [6, 6.07) is 16.7. The molecule has 2 aromatic carbocycles. The highest BCUT2D eigenvalue weighted by Crippen LogP contribution is 2.22. The van der Waals surface area contributed by atoms with Gasteiger partial charge in [0.2, 0.25) is 0 Å². The molecule has 130 valence electrons. The average molecular weight is 413 g/mol. The minimum Gasteiger partial charge on any atom is -0.478 e. The van der Waals surface area contributed by atoms with Crippen LogP contribution < -0.4 is 5.43 Å². The van der Waals surface area contributed by atoms with Crippen LogP contribution >= 0.6 is 15.9 Å². The summed E-state index contributed by atoms with van der Waals surface area (Å²) < 4.78 is 6.43. The summed E-state index contributed by atoms with van der Waals surface area (Å²) in [6.45, 7) is 0. The highest BCUT2D eigenvalue weighted by atomic mass is 79.9. The Morgan fingerprint density at radius 2 is 1.81 bits per heavy atom. The first kappa shape index (κ1) is 17.6. The van der Waals surface area contributed by atoms with E-state index in [0.717, 1.165) is 10.0 Å². The molecule has 2 N–H and O–H groups in total. The Kier molecular flexibility index (Phi) is 5.28. The normalized spacial score (nSPS) is 10.8. The minimum absolute atomic E-state index is 0.206. The number of rotatable bonds is 5. The van der Waals surface area contributed by atoms with Crippen molar-refractivity contribution in [3.05, 3.63) is 82.0 Å². The number of hydrogen-bond acceptors (Lipinski definition) is 4. The first-order valence-corrected chi connectivity index (χ1v) is 8.35. The van der Waals surface area contributed by atoms with Gasteiger partial charge in [-0.25, -0.2) is 10.2 Å². The molecule has 1 aromatic heterocycles. The van der Waals surface area contributed by atoms with Gasteiger partial charge in [-0.2, -0.15) is 5.10 Å². The van der Waals surface area contributed by atoms with Crippen molar-refractivity contribution in [1.82, 2.24) is 5.43 Å². The number of carboxylic acids is 1. The summed E-state index contributed by atoms with van der Waals surface area (Å²) in [4.78, 5) is 22.8. The number of furan rings is 1. The summed E-state index contributed by atoms with van der Waals surface area (Å²) in [5.74, 6) is -0.290. The highest BCUT2D eigenvalue weighted by Gasteiger charge is 2.07. The number of carboxylic acid groups (broad SMARTS) is 1. The summed E-state index contributed by atoms with van der Waals surface area (Å²) in [5, 5.41) is 12.8. The summed E-state index contributed by atoms with van der Waals surface area (Å²) in [5.41, 5.74) is 3.86. The van der Waals surface area contributed by atoms with Gasteiger partial charge in [0.1, 0.15) is 11.5 Å². The molecule has 0 radical (unpaired) electrons. The molecule has 0 atom stereocenters. The molecule has 3 aromatic rings. The molecular weight excluding hydrogens is 400 g/mol. The third-order valence-corrected chi connectivity index (χ3v) is 3.98. The maximum atomic E-state index is 12.0. The molecule has 0 aliphatic carbocycles. The van der Waals surface area contributed by atoms with E-state index in [2.05, 4.69) is 26.5 Å². The lowest BCUT2D eigenvalue weighted by Crippen LogP contribution is -2.17. The van der Waals surface area contributed by atoms with Crippen LogP contribution in [0.25, 0.3) is 11.3 Å². The van der Waals surface area contributed by atoms with E-state index in [9.17, 15) is 9.59 Å². The lowest BCUT2D eigenvalue weighted by atomic mass is 10.1. The predicted molar refractivity (Wildman–Crippen MR) is 100 cm³/mol. The third kappa shape index (κ3) is 4.25. The molecular formula is C19H13BrN2O4.